The van der Waals surface area contributed by atoms with Crippen molar-refractivity contribution in [1.29, 1.82) is 0 Å². The van der Waals surface area contributed by atoms with Crippen molar-refractivity contribution in [3.05, 3.63) is 0 Å². The Morgan fingerprint density at radius 1 is 0.329 bits per heavy atom. The van der Waals surface area contributed by atoms with Gasteiger partial charge < -0.3 is 33.3 Å². The second-order valence-corrected chi connectivity index (χ2v) is 25.5. The molecule has 470 valence electrons. The molecular formula is C70H137NO8. The highest BCUT2D eigenvalue weighted by Crippen LogP contribution is 2.20. The van der Waals surface area contributed by atoms with Crippen molar-refractivity contribution in [2.45, 2.75) is 386 Å². The Bertz CT molecular complexity index is 1260. The van der Waals surface area contributed by atoms with Gasteiger partial charge in [0.2, 0.25) is 0 Å². The van der Waals surface area contributed by atoms with Crippen LogP contribution < -0.4 is 5.11 Å². The van der Waals surface area contributed by atoms with E-state index in [2.05, 4.69) is 13.8 Å². The largest absolute Gasteiger partial charge is 0.545 e. The molecular weight excluding hydrogens is 983 g/mol. The van der Waals surface area contributed by atoms with Crippen LogP contribution in [0.15, 0.2) is 0 Å². The molecule has 0 aromatic heterocycles. The molecule has 0 amide bonds. The number of carboxylic acid groups (broad SMARTS) is 1. The molecule has 0 heterocycles. The lowest BCUT2D eigenvalue weighted by atomic mass is 10.0. The van der Waals surface area contributed by atoms with Crippen molar-refractivity contribution in [2.24, 2.45) is 0 Å². The maximum absolute atomic E-state index is 12.9. The van der Waals surface area contributed by atoms with E-state index in [1.165, 1.54) is 308 Å². The van der Waals surface area contributed by atoms with Gasteiger partial charge in [-0.25, -0.2) is 0 Å². The Hall–Kier alpha value is -1.71. The fourth-order valence-electron chi connectivity index (χ4n) is 11.0. The fraction of sp³-hybridized carbons (Fsp3) is 0.957. The SMILES string of the molecule is CCCCCCCCCCCCCCCCCCCCCCCCCCCCCCCCCCCCCCCCCCCC(=O)OC(COC(=O)CCCCCCCCCCCCCCC)COC(OCC[N+](C)(C)C)C(=O)[O-]. The summed E-state index contributed by atoms with van der Waals surface area (Å²) in [5, 5.41) is 11.8. The van der Waals surface area contributed by atoms with Crippen LogP contribution in [-0.2, 0) is 33.3 Å². The van der Waals surface area contributed by atoms with E-state index in [4.69, 9.17) is 18.9 Å². The maximum Gasteiger partial charge on any atom is 0.306 e. The summed E-state index contributed by atoms with van der Waals surface area (Å²) in [6.07, 6.45) is 70.9. The molecule has 0 spiro atoms. The monoisotopic (exact) mass is 1120 g/mol. The van der Waals surface area contributed by atoms with Gasteiger partial charge in [0.25, 0.3) is 0 Å². The number of hydrogen-bond acceptors (Lipinski definition) is 8. The molecule has 0 bridgehead atoms. The average Bonchev–Trinajstić information content (AvgIpc) is 3.42. The molecule has 0 aliphatic carbocycles. The number of aliphatic carboxylic acids is 1. The van der Waals surface area contributed by atoms with Gasteiger partial charge in [0.1, 0.15) is 13.2 Å². The lowest BCUT2D eigenvalue weighted by Crippen LogP contribution is -2.44. The first-order chi connectivity index (χ1) is 38.6. The number of carbonyl (C=O) groups excluding carboxylic acids is 3. The van der Waals surface area contributed by atoms with E-state index in [1.807, 2.05) is 21.1 Å². The van der Waals surface area contributed by atoms with Crippen LogP contribution in [0.4, 0.5) is 0 Å². The minimum absolute atomic E-state index is 0.153. The van der Waals surface area contributed by atoms with Crippen LogP contribution >= 0.6 is 0 Å². The molecule has 0 N–H and O–H groups in total. The van der Waals surface area contributed by atoms with Gasteiger partial charge in [0.15, 0.2) is 12.4 Å². The number of likely N-dealkylation sites (N-methyl/N-ethyl adjacent to an activating group) is 1. The van der Waals surface area contributed by atoms with Crippen molar-refractivity contribution in [3.8, 4) is 0 Å². The number of nitrogens with zero attached hydrogens (tertiary/aromatic N) is 1. The second kappa shape index (κ2) is 62.3. The number of quaternary nitrogens is 1. The predicted molar refractivity (Wildman–Crippen MR) is 334 cm³/mol. The smallest absolute Gasteiger partial charge is 0.306 e. The van der Waals surface area contributed by atoms with Crippen molar-refractivity contribution in [3.63, 3.8) is 0 Å². The summed E-state index contributed by atoms with van der Waals surface area (Å²) in [6.45, 7) is 4.82. The summed E-state index contributed by atoms with van der Waals surface area (Å²) in [5.74, 6) is -2.25. The second-order valence-electron chi connectivity index (χ2n) is 25.5. The van der Waals surface area contributed by atoms with Crippen LogP contribution in [0.5, 0.6) is 0 Å². The van der Waals surface area contributed by atoms with E-state index in [-0.39, 0.29) is 32.2 Å². The molecule has 0 aromatic rings. The van der Waals surface area contributed by atoms with Gasteiger partial charge in [-0.2, -0.15) is 0 Å². The van der Waals surface area contributed by atoms with Crippen molar-refractivity contribution in [2.75, 3.05) is 47.5 Å². The summed E-state index contributed by atoms with van der Waals surface area (Å²) in [7, 11) is 5.94. The zero-order valence-electron chi connectivity index (χ0n) is 53.8. The quantitative estimate of drug-likeness (QED) is 0.0256. The third-order valence-corrected chi connectivity index (χ3v) is 16.4. The Morgan fingerprint density at radius 3 is 0.810 bits per heavy atom. The van der Waals surface area contributed by atoms with E-state index in [1.54, 1.807) is 0 Å². The van der Waals surface area contributed by atoms with E-state index >= 15 is 0 Å². The van der Waals surface area contributed by atoms with Crippen LogP contribution in [0.2, 0.25) is 0 Å². The third kappa shape index (κ3) is 63.7. The van der Waals surface area contributed by atoms with E-state index in [0.717, 1.165) is 38.5 Å². The molecule has 9 nitrogen and oxygen atoms in total. The fourth-order valence-corrected chi connectivity index (χ4v) is 11.0. The molecule has 79 heavy (non-hydrogen) atoms. The summed E-state index contributed by atoms with van der Waals surface area (Å²) in [6, 6.07) is 0. The first kappa shape index (κ1) is 77.3. The van der Waals surface area contributed by atoms with E-state index in [0.29, 0.717) is 17.4 Å². The zero-order chi connectivity index (χ0) is 57.6. The van der Waals surface area contributed by atoms with Gasteiger partial charge in [-0.1, -0.05) is 348 Å². The molecule has 0 radical (unpaired) electrons. The molecule has 0 rings (SSSR count). The van der Waals surface area contributed by atoms with Gasteiger partial charge in [-0.15, -0.1) is 0 Å². The van der Waals surface area contributed by atoms with Gasteiger partial charge in [-0.05, 0) is 12.8 Å². The van der Waals surface area contributed by atoms with Crippen molar-refractivity contribution < 1.29 is 42.9 Å². The molecule has 2 unspecified atom stereocenters. The standard InChI is InChI=1S/C70H137NO8/c1-6-8-10-12-14-16-18-20-21-22-23-24-25-26-27-28-29-30-31-32-33-34-35-36-37-38-39-40-41-42-43-44-45-46-47-49-51-53-55-57-59-61-68(73)79-66(65-78-70(69(74)75)76-63-62-71(3,4)5)64-77-67(72)60-58-56-54-52-50-48-19-17-15-13-11-9-7-2/h66,70H,6-65H2,1-5H3. The normalized spacial score (nSPS) is 12.6. The number of hydrogen-bond donors (Lipinski definition) is 0. The summed E-state index contributed by atoms with van der Waals surface area (Å²) in [5.41, 5.74) is 0. The topological polar surface area (TPSA) is 111 Å². The maximum atomic E-state index is 12.9. The Labute approximate surface area is 492 Å². The lowest BCUT2D eigenvalue weighted by molar-refractivity contribution is -0.870. The summed E-state index contributed by atoms with van der Waals surface area (Å²) >= 11 is 0. The zero-order valence-corrected chi connectivity index (χ0v) is 53.8. The lowest BCUT2D eigenvalue weighted by Gasteiger charge is -2.26. The van der Waals surface area contributed by atoms with Crippen LogP contribution in [0.3, 0.4) is 0 Å². The number of carbonyl (C=O) groups is 3. The third-order valence-electron chi connectivity index (χ3n) is 16.4. The van der Waals surface area contributed by atoms with Crippen molar-refractivity contribution >= 4 is 17.9 Å². The number of ether oxygens (including phenoxy) is 4. The molecule has 0 saturated heterocycles. The number of rotatable bonds is 67. The molecule has 0 aliphatic rings. The van der Waals surface area contributed by atoms with Gasteiger partial charge in [-0.3, -0.25) is 9.59 Å². The van der Waals surface area contributed by atoms with Crippen LogP contribution in [0, 0.1) is 0 Å². The van der Waals surface area contributed by atoms with Gasteiger partial charge in [0.05, 0.1) is 40.3 Å². The van der Waals surface area contributed by atoms with Gasteiger partial charge in [0, 0.05) is 12.8 Å². The number of esters is 2. The predicted octanol–water partition coefficient (Wildman–Crippen LogP) is 20.1. The Kier molecular flexibility index (Phi) is 61.0. The number of carboxylic acids is 1. The molecule has 0 aliphatic heterocycles. The summed E-state index contributed by atoms with van der Waals surface area (Å²) < 4.78 is 22.7. The summed E-state index contributed by atoms with van der Waals surface area (Å²) in [4.78, 5) is 37.3. The Morgan fingerprint density at radius 2 is 0.570 bits per heavy atom. The van der Waals surface area contributed by atoms with Crippen LogP contribution in [0.1, 0.15) is 373 Å². The van der Waals surface area contributed by atoms with Crippen LogP contribution in [-0.4, -0.2) is 82.3 Å². The van der Waals surface area contributed by atoms with E-state index < -0.39 is 24.3 Å². The average molecular weight is 1120 g/mol. The molecule has 9 heteroatoms. The van der Waals surface area contributed by atoms with Gasteiger partial charge >= 0.3 is 11.9 Å². The molecule has 0 saturated carbocycles. The highest BCUT2D eigenvalue weighted by molar-refractivity contribution is 5.70. The van der Waals surface area contributed by atoms with Crippen LogP contribution in [0.25, 0.3) is 0 Å². The first-order valence-electron chi connectivity index (χ1n) is 35.2. The van der Waals surface area contributed by atoms with Crippen molar-refractivity contribution in [1.82, 2.24) is 0 Å². The molecule has 0 aromatic carbocycles. The number of unbranched alkanes of at least 4 members (excludes halogenated alkanes) is 52. The molecule has 0 fully saturated rings. The highest BCUT2D eigenvalue weighted by atomic mass is 16.7. The minimum atomic E-state index is -1.61. The first-order valence-corrected chi connectivity index (χ1v) is 35.2. The minimum Gasteiger partial charge on any atom is -0.545 e. The van der Waals surface area contributed by atoms with E-state index in [9.17, 15) is 19.5 Å². The molecule has 2 atom stereocenters. The Balaban J connectivity index is 3.83. The highest BCUT2D eigenvalue weighted by Gasteiger charge is 2.22.